The molecule has 0 amide bonds. The number of aromatic nitrogens is 2. The predicted molar refractivity (Wildman–Crippen MR) is 74.4 cm³/mol. The van der Waals surface area contributed by atoms with Crippen LogP contribution in [0.15, 0.2) is 48.8 Å². The molecule has 3 aromatic rings. The monoisotopic (exact) mass is 289 g/mol. The van der Waals surface area contributed by atoms with Crippen LogP contribution in [0, 0.1) is 0 Å². The molecule has 6 heteroatoms. The second-order valence-corrected chi connectivity index (χ2v) is 4.54. The molecule has 1 aromatic heterocycles. The van der Waals surface area contributed by atoms with Crippen molar-refractivity contribution in [2.75, 3.05) is 5.73 Å². The van der Waals surface area contributed by atoms with E-state index in [4.69, 9.17) is 5.73 Å². The van der Waals surface area contributed by atoms with Gasteiger partial charge in [-0.1, -0.05) is 24.3 Å². The Morgan fingerprint density at radius 3 is 2.29 bits per heavy atom. The summed E-state index contributed by atoms with van der Waals surface area (Å²) in [5.74, 6) is 0. The third-order valence-corrected chi connectivity index (χ3v) is 3.18. The van der Waals surface area contributed by atoms with E-state index in [1.54, 1.807) is 18.2 Å². The van der Waals surface area contributed by atoms with Crippen molar-refractivity contribution in [2.24, 2.45) is 0 Å². The maximum Gasteiger partial charge on any atom is 0.416 e. The van der Waals surface area contributed by atoms with E-state index in [1.165, 1.54) is 18.5 Å². The Balaban J connectivity index is 2.15. The quantitative estimate of drug-likeness (QED) is 0.691. The summed E-state index contributed by atoms with van der Waals surface area (Å²) < 4.78 is 37.8. The minimum Gasteiger partial charge on any atom is -0.397 e. The highest BCUT2D eigenvalue weighted by atomic mass is 19.4. The van der Waals surface area contributed by atoms with Gasteiger partial charge in [0.05, 0.1) is 22.5 Å². The number of nitrogens with zero attached hydrogens (tertiary/aromatic N) is 2. The van der Waals surface area contributed by atoms with Crippen molar-refractivity contribution in [3.05, 3.63) is 54.4 Å². The number of benzene rings is 2. The molecule has 0 fully saturated rings. The molecule has 0 atom stereocenters. The Morgan fingerprint density at radius 2 is 1.62 bits per heavy atom. The van der Waals surface area contributed by atoms with Crippen molar-refractivity contribution in [3.8, 4) is 11.3 Å². The van der Waals surface area contributed by atoms with Crippen LogP contribution in [0.1, 0.15) is 5.56 Å². The lowest BCUT2D eigenvalue weighted by atomic mass is 10.0. The molecule has 3 nitrogen and oxygen atoms in total. The van der Waals surface area contributed by atoms with Crippen molar-refractivity contribution in [1.82, 2.24) is 9.97 Å². The van der Waals surface area contributed by atoms with Crippen LogP contribution in [0.25, 0.3) is 22.2 Å². The maximum atomic E-state index is 12.6. The minimum atomic E-state index is -4.35. The van der Waals surface area contributed by atoms with Crippen LogP contribution in [0.5, 0.6) is 0 Å². The molecular formula is C15H10F3N3. The van der Waals surface area contributed by atoms with Crippen LogP contribution in [0.4, 0.5) is 18.9 Å². The summed E-state index contributed by atoms with van der Waals surface area (Å²) in [7, 11) is 0. The van der Waals surface area contributed by atoms with Gasteiger partial charge in [-0.3, -0.25) is 0 Å². The number of alkyl halides is 3. The van der Waals surface area contributed by atoms with Gasteiger partial charge in [0.1, 0.15) is 6.33 Å². The molecule has 1 heterocycles. The molecule has 3 rings (SSSR count). The van der Waals surface area contributed by atoms with Crippen LogP contribution in [0.3, 0.4) is 0 Å². The molecule has 0 aliphatic rings. The molecule has 0 aliphatic heterocycles. The number of anilines is 1. The molecule has 0 aliphatic carbocycles. The number of nitrogens with two attached hydrogens (primary N) is 1. The molecule has 0 unspecified atom stereocenters. The number of nitrogen functional groups attached to an aromatic ring is 1. The van der Waals surface area contributed by atoms with Crippen LogP contribution in [-0.2, 0) is 6.18 Å². The van der Waals surface area contributed by atoms with Crippen molar-refractivity contribution in [1.29, 1.82) is 0 Å². The summed E-state index contributed by atoms with van der Waals surface area (Å²) in [5, 5.41) is 0.706. The number of fused-ring (bicyclic) bond motifs is 1. The first-order valence-corrected chi connectivity index (χ1v) is 6.13. The Kier molecular flexibility index (Phi) is 3.01. The Bertz CT molecular complexity index is 795. The second-order valence-electron chi connectivity index (χ2n) is 4.54. The van der Waals surface area contributed by atoms with E-state index >= 15 is 0 Å². The smallest absolute Gasteiger partial charge is 0.397 e. The highest BCUT2D eigenvalue weighted by molar-refractivity contribution is 5.97. The van der Waals surface area contributed by atoms with E-state index in [2.05, 4.69) is 9.97 Å². The van der Waals surface area contributed by atoms with Gasteiger partial charge in [-0.2, -0.15) is 13.2 Å². The molecule has 2 N–H and O–H groups in total. The van der Waals surface area contributed by atoms with Crippen LogP contribution < -0.4 is 5.73 Å². The zero-order valence-electron chi connectivity index (χ0n) is 10.7. The van der Waals surface area contributed by atoms with E-state index < -0.39 is 11.7 Å². The van der Waals surface area contributed by atoms with Gasteiger partial charge in [0.2, 0.25) is 0 Å². The number of hydrogen-bond donors (Lipinski definition) is 1. The maximum absolute atomic E-state index is 12.6. The number of rotatable bonds is 1. The lowest BCUT2D eigenvalue weighted by molar-refractivity contribution is -0.137. The van der Waals surface area contributed by atoms with E-state index in [0.717, 1.165) is 12.1 Å². The zero-order chi connectivity index (χ0) is 15.0. The Labute approximate surface area is 118 Å². The van der Waals surface area contributed by atoms with Gasteiger partial charge in [0, 0.05) is 10.9 Å². The Hall–Kier alpha value is -2.63. The molecule has 0 saturated heterocycles. The first-order valence-electron chi connectivity index (χ1n) is 6.13. The third kappa shape index (κ3) is 2.40. The highest BCUT2D eigenvalue weighted by Gasteiger charge is 2.30. The molecular weight excluding hydrogens is 279 g/mol. The predicted octanol–water partition coefficient (Wildman–Crippen LogP) is 3.90. The normalized spacial score (nSPS) is 11.8. The van der Waals surface area contributed by atoms with Crippen LogP contribution in [0.2, 0.25) is 0 Å². The summed E-state index contributed by atoms with van der Waals surface area (Å²) in [6.07, 6.45) is -3.00. The number of halogens is 3. The van der Waals surface area contributed by atoms with Gasteiger partial charge in [-0.05, 0) is 18.2 Å². The molecule has 2 aromatic carbocycles. The average Bonchev–Trinajstić information content (AvgIpc) is 2.46. The van der Waals surface area contributed by atoms with Gasteiger partial charge in [0.15, 0.2) is 0 Å². The van der Waals surface area contributed by atoms with Crippen molar-refractivity contribution >= 4 is 16.6 Å². The fourth-order valence-corrected chi connectivity index (χ4v) is 2.16. The fourth-order valence-electron chi connectivity index (χ4n) is 2.16. The summed E-state index contributed by atoms with van der Waals surface area (Å²) in [6.45, 7) is 0. The largest absolute Gasteiger partial charge is 0.416 e. The lowest BCUT2D eigenvalue weighted by Crippen LogP contribution is -2.04. The molecule has 106 valence electrons. The van der Waals surface area contributed by atoms with E-state index in [1.807, 2.05) is 0 Å². The Morgan fingerprint density at radius 1 is 0.905 bits per heavy atom. The standard InChI is InChI=1S/C15H10F3N3/c16-15(17,18)10-6-4-9(5-7-10)13-11-2-1-3-12(19)14(11)21-8-20-13/h1-8H,19H2. The topological polar surface area (TPSA) is 51.8 Å². The molecule has 0 spiro atoms. The van der Waals surface area contributed by atoms with Crippen LogP contribution in [-0.4, -0.2) is 9.97 Å². The van der Waals surface area contributed by atoms with Crippen molar-refractivity contribution < 1.29 is 13.2 Å². The summed E-state index contributed by atoms with van der Waals surface area (Å²) in [4.78, 5) is 8.27. The summed E-state index contributed by atoms with van der Waals surface area (Å²) in [6, 6.07) is 10.1. The van der Waals surface area contributed by atoms with Crippen molar-refractivity contribution in [2.45, 2.75) is 6.18 Å². The second kappa shape index (κ2) is 4.73. The van der Waals surface area contributed by atoms with E-state index in [9.17, 15) is 13.2 Å². The van der Waals surface area contributed by atoms with Gasteiger partial charge < -0.3 is 5.73 Å². The van der Waals surface area contributed by atoms with E-state index in [0.29, 0.717) is 27.8 Å². The van der Waals surface area contributed by atoms with Gasteiger partial charge in [0.25, 0.3) is 0 Å². The SMILES string of the molecule is Nc1cccc2c(-c3ccc(C(F)(F)F)cc3)ncnc12. The summed E-state index contributed by atoms with van der Waals surface area (Å²) in [5.41, 5.74) is 7.38. The number of para-hydroxylation sites is 1. The van der Waals surface area contributed by atoms with E-state index in [-0.39, 0.29) is 0 Å². The molecule has 0 bridgehead atoms. The highest BCUT2D eigenvalue weighted by Crippen LogP contribution is 2.32. The zero-order valence-corrected chi connectivity index (χ0v) is 10.7. The van der Waals surface area contributed by atoms with Gasteiger partial charge >= 0.3 is 6.18 Å². The number of hydrogen-bond acceptors (Lipinski definition) is 3. The minimum absolute atomic E-state index is 0.503. The fraction of sp³-hybridized carbons (Fsp3) is 0.0667. The van der Waals surface area contributed by atoms with Gasteiger partial charge in [-0.15, -0.1) is 0 Å². The molecule has 21 heavy (non-hydrogen) atoms. The third-order valence-electron chi connectivity index (χ3n) is 3.18. The van der Waals surface area contributed by atoms with Crippen LogP contribution >= 0.6 is 0 Å². The lowest BCUT2D eigenvalue weighted by Gasteiger charge is -2.09. The molecule has 0 radical (unpaired) electrons. The van der Waals surface area contributed by atoms with Crippen molar-refractivity contribution in [3.63, 3.8) is 0 Å². The first-order chi connectivity index (χ1) is 9.97. The molecule has 0 saturated carbocycles. The average molecular weight is 289 g/mol. The van der Waals surface area contributed by atoms with Gasteiger partial charge in [-0.25, -0.2) is 9.97 Å². The summed E-state index contributed by atoms with van der Waals surface area (Å²) >= 11 is 0. The first kappa shape index (κ1) is 13.4.